The summed E-state index contributed by atoms with van der Waals surface area (Å²) >= 11 is 0. The lowest BCUT2D eigenvalue weighted by atomic mass is 10.1. The van der Waals surface area contributed by atoms with Crippen LogP contribution >= 0.6 is 0 Å². The van der Waals surface area contributed by atoms with Gasteiger partial charge in [0.2, 0.25) is 0 Å². The van der Waals surface area contributed by atoms with E-state index in [0.29, 0.717) is 6.07 Å². The van der Waals surface area contributed by atoms with Gasteiger partial charge < -0.3 is 18.9 Å². The van der Waals surface area contributed by atoms with Crippen molar-refractivity contribution in [3.05, 3.63) is 47.8 Å². The molecule has 1 heterocycles. The second-order valence-corrected chi connectivity index (χ2v) is 5.42. The number of carbonyl (C=O) groups is 1. The van der Waals surface area contributed by atoms with Crippen LogP contribution in [0.15, 0.2) is 30.8 Å². The Bertz CT molecular complexity index is 955. The van der Waals surface area contributed by atoms with Crippen LogP contribution in [0.2, 0.25) is 0 Å². The number of halogens is 6. The van der Waals surface area contributed by atoms with Crippen LogP contribution < -0.4 is 14.2 Å². The first kappa shape index (κ1) is 22.8. The number of alkyl halides is 6. The number of rotatable bonds is 6. The van der Waals surface area contributed by atoms with E-state index in [9.17, 15) is 31.1 Å². The van der Waals surface area contributed by atoms with Gasteiger partial charge in [0, 0.05) is 6.07 Å². The Morgan fingerprint density at radius 3 is 2.20 bits per heavy atom. The number of nitrogens with zero attached hydrogens (tertiary/aromatic N) is 1. The standard InChI is InChI=1S/C18H13F6NO5/c1-4-11-10(17(19,20)21)8-14(15(25-11)16(26)28-3)29-12-6-5-9(7-13(12)27-2)30-18(22,23)24/h4-8H,1H2,2-3H3. The van der Waals surface area contributed by atoms with E-state index in [1.54, 1.807) is 0 Å². The highest BCUT2D eigenvalue weighted by Gasteiger charge is 2.36. The van der Waals surface area contributed by atoms with E-state index in [2.05, 4.69) is 21.0 Å². The van der Waals surface area contributed by atoms with E-state index >= 15 is 0 Å². The van der Waals surface area contributed by atoms with Crippen LogP contribution in [-0.4, -0.2) is 31.5 Å². The fraction of sp³-hybridized carbons (Fsp3) is 0.222. The summed E-state index contributed by atoms with van der Waals surface area (Å²) in [6.45, 7) is 3.23. The van der Waals surface area contributed by atoms with E-state index < -0.39 is 47.0 Å². The molecule has 1 aromatic carbocycles. The molecular formula is C18H13F6NO5. The zero-order valence-electron chi connectivity index (χ0n) is 15.4. The predicted molar refractivity (Wildman–Crippen MR) is 90.4 cm³/mol. The quantitative estimate of drug-likeness (QED) is 0.456. The van der Waals surface area contributed by atoms with Gasteiger partial charge in [-0.25, -0.2) is 9.78 Å². The third-order valence-corrected chi connectivity index (χ3v) is 3.48. The van der Waals surface area contributed by atoms with Crippen LogP contribution in [0, 0.1) is 0 Å². The summed E-state index contributed by atoms with van der Waals surface area (Å²) in [5, 5.41) is 0. The summed E-state index contributed by atoms with van der Waals surface area (Å²) in [7, 11) is 2.06. The Kier molecular flexibility index (Phi) is 6.48. The molecule has 0 unspecified atom stereocenters. The maximum Gasteiger partial charge on any atom is 0.573 e. The molecule has 0 fully saturated rings. The first-order valence-corrected chi connectivity index (χ1v) is 7.84. The van der Waals surface area contributed by atoms with Crippen molar-refractivity contribution in [2.75, 3.05) is 14.2 Å². The topological polar surface area (TPSA) is 66.9 Å². The summed E-state index contributed by atoms with van der Waals surface area (Å²) in [6.07, 6.45) is -9.04. The second-order valence-electron chi connectivity index (χ2n) is 5.42. The Balaban J connectivity index is 2.58. The molecule has 0 aliphatic carbocycles. The molecule has 162 valence electrons. The van der Waals surface area contributed by atoms with Crippen LogP contribution in [0.25, 0.3) is 6.08 Å². The molecule has 0 spiro atoms. The van der Waals surface area contributed by atoms with Crippen LogP contribution in [-0.2, 0) is 10.9 Å². The summed E-state index contributed by atoms with van der Waals surface area (Å²) in [4.78, 5) is 15.6. The van der Waals surface area contributed by atoms with Crippen LogP contribution in [0.5, 0.6) is 23.0 Å². The van der Waals surface area contributed by atoms with Gasteiger partial charge in [-0.2, -0.15) is 13.2 Å². The number of hydrogen-bond donors (Lipinski definition) is 0. The monoisotopic (exact) mass is 437 g/mol. The molecule has 0 saturated carbocycles. The Labute approximate surface area is 165 Å². The average molecular weight is 437 g/mol. The van der Waals surface area contributed by atoms with Gasteiger partial charge in [0.25, 0.3) is 0 Å². The molecule has 0 amide bonds. The Morgan fingerprint density at radius 1 is 1.03 bits per heavy atom. The first-order valence-electron chi connectivity index (χ1n) is 7.84. The van der Waals surface area contributed by atoms with E-state index in [1.807, 2.05) is 0 Å². The lowest BCUT2D eigenvalue weighted by molar-refractivity contribution is -0.274. The lowest BCUT2D eigenvalue weighted by Gasteiger charge is -2.17. The van der Waals surface area contributed by atoms with Gasteiger partial charge in [0.15, 0.2) is 22.9 Å². The van der Waals surface area contributed by atoms with Gasteiger partial charge >= 0.3 is 18.5 Å². The predicted octanol–water partition coefficient (Wildman–Crippen LogP) is 5.23. The van der Waals surface area contributed by atoms with E-state index in [4.69, 9.17) is 9.47 Å². The fourth-order valence-electron chi connectivity index (χ4n) is 2.26. The zero-order valence-corrected chi connectivity index (χ0v) is 15.4. The minimum absolute atomic E-state index is 0.307. The van der Waals surface area contributed by atoms with Crippen LogP contribution in [0.1, 0.15) is 21.7 Å². The molecule has 0 saturated heterocycles. The molecular weight excluding hydrogens is 424 g/mol. The Hall–Kier alpha value is -3.44. The van der Waals surface area contributed by atoms with Crippen molar-refractivity contribution in [1.29, 1.82) is 0 Å². The molecule has 30 heavy (non-hydrogen) atoms. The number of pyridine rings is 1. The van der Waals surface area contributed by atoms with Crippen molar-refractivity contribution < 1.29 is 50.1 Å². The van der Waals surface area contributed by atoms with Crippen molar-refractivity contribution in [3.8, 4) is 23.0 Å². The summed E-state index contributed by atoms with van der Waals surface area (Å²) in [5.41, 5.74) is -2.51. The highest BCUT2D eigenvalue weighted by molar-refractivity contribution is 5.91. The molecule has 0 radical (unpaired) electrons. The molecule has 2 aromatic rings. The van der Waals surface area contributed by atoms with Gasteiger partial charge in [0.1, 0.15) is 5.75 Å². The number of carbonyl (C=O) groups excluding carboxylic acids is 1. The van der Waals surface area contributed by atoms with Gasteiger partial charge in [-0.3, -0.25) is 0 Å². The maximum atomic E-state index is 13.3. The number of hydrogen-bond acceptors (Lipinski definition) is 6. The number of esters is 1. The summed E-state index contributed by atoms with van der Waals surface area (Å²) in [6, 6.07) is 3.10. The highest BCUT2D eigenvalue weighted by atomic mass is 19.4. The second kappa shape index (κ2) is 8.51. The third kappa shape index (κ3) is 5.33. The molecule has 0 aliphatic rings. The third-order valence-electron chi connectivity index (χ3n) is 3.48. The summed E-state index contributed by atoms with van der Waals surface area (Å²) in [5.74, 6) is -3.05. The normalized spacial score (nSPS) is 11.6. The minimum atomic E-state index is -4.97. The number of methoxy groups -OCH3 is 2. The average Bonchev–Trinajstić information content (AvgIpc) is 2.66. The maximum absolute atomic E-state index is 13.3. The molecule has 0 N–H and O–H groups in total. The smallest absolute Gasteiger partial charge is 0.493 e. The van der Waals surface area contributed by atoms with Gasteiger partial charge in [-0.05, 0) is 24.3 Å². The van der Waals surface area contributed by atoms with E-state index in [1.165, 1.54) is 0 Å². The van der Waals surface area contributed by atoms with E-state index in [0.717, 1.165) is 38.5 Å². The van der Waals surface area contributed by atoms with Crippen molar-refractivity contribution in [3.63, 3.8) is 0 Å². The molecule has 2 rings (SSSR count). The minimum Gasteiger partial charge on any atom is -0.493 e. The van der Waals surface area contributed by atoms with Crippen molar-refractivity contribution in [1.82, 2.24) is 4.98 Å². The SMILES string of the molecule is C=Cc1nc(C(=O)OC)c(Oc2ccc(OC(F)(F)F)cc2OC)cc1C(F)(F)F. The van der Waals surface area contributed by atoms with Gasteiger partial charge in [-0.1, -0.05) is 6.58 Å². The molecule has 12 heteroatoms. The van der Waals surface area contributed by atoms with Crippen LogP contribution in [0.4, 0.5) is 26.3 Å². The van der Waals surface area contributed by atoms with Crippen molar-refractivity contribution in [2.45, 2.75) is 12.5 Å². The molecule has 6 nitrogen and oxygen atoms in total. The van der Waals surface area contributed by atoms with Crippen LogP contribution in [0.3, 0.4) is 0 Å². The lowest BCUT2D eigenvalue weighted by Crippen LogP contribution is -2.17. The first-order chi connectivity index (χ1) is 13.9. The van der Waals surface area contributed by atoms with Gasteiger partial charge in [0.05, 0.1) is 25.5 Å². The van der Waals surface area contributed by atoms with Crippen molar-refractivity contribution in [2.24, 2.45) is 0 Å². The molecule has 1 aromatic heterocycles. The fourth-order valence-corrected chi connectivity index (χ4v) is 2.26. The van der Waals surface area contributed by atoms with E-state index in [-0.39, 0.29) is 11.5 Å². The molecule has 0 bridgehead atoms. The van der Waals surface area contributed by atoms with Crippen molar-refractivity contribution >= 4 is 12.0 Å². The molecule has 0 atom stereocenters. The van der Waals surface area contributed by atoms with Gasteiger partial charge in [-0.15, -0.1) is 13.2 Å². The highest BCUT2D eigenvalue weighted by Crippen LogP contribution is 2.40. The zero-order chi connectivity index (χ0) is 22.7. The number of aromatic nitrogens is 1. The largest absolute Gasteiger partial charge is 0.573 e. The number of benzene rings is 1. The number of ether oxygens (including phenoxy) is 4. The Morgan fingerprint density at radius 2 is 1.70 bits per heavy atom. The summed E-state index contributed by atoms with van der Waals surface area (Å²) < 4.78 is 95.5. The molecule has 0 aliphatic heterocycles.